The first-order valence-electron chi connectivity index (χ1n) is 36.2. The molecule has 1 fully saturated rings. The lowest BCUT2D eigenvalue weighted by Gasteiger charge is -2.40. The minimum atomic E-state index is -1.58. The van der Waals surface area contributed by atoms with E-state index in [2.05, 4.69) is 66.9 Å². The third-order valence-corrected chi connectivity index (χ3v) is 16.8. The van der Waals surface area contributed by atoms with Gasteiger partial charge in [0.15, 0.2) is 6.29 Å². The maximum absolute atomic E-state index is 13.0. The Hall–Kier alpha value is -2.90. The molecule has 1 aliphatic rings. The lowest BCUT2D eigenvalue weighted by atomic mass is 9.99. The first-order valence-corrected chi connectivity index (χ1v) is 36.2. The van der Waals surface area contributed by atoms with Crippen LogP contribution in [0.5, 0.6) is 0 Å². The molecule has 6 N–H and O–H groups in total. The van der Waals surface area contributed by atoms with Gasteiger partial charge in [0.2, 0.25) is 5.91 Å². The third-order valence-electron chi connectivity index (χ3n) is 16.8. The second-order valence-electron chi connectivity index (χ2n) is 24.9. The molecule has 1 aliphatic heterocycles. The standard InChI is InChI=1S/C75H135NO10/c1-3-5-7-9-11-13-14-15-16-17-30-34-37-40-43-47-51-55-59-63-71(80)84-64-60-56-52-48-44-41-38-35-32-29-27-25-23-21-19-18-20-22-24-26-28-31-33-36-39-42-46-50-54-58-62-70(79)76-67(68(78)61-57-53-49-45-12-10-8-6-4-2)66-85-75-74(83)73(82)72(81)69(65-77)86-75/h4,6,11-13,15-16,19,21,45,57,61,67-69,72-75,77-78,81-83H,3,5,7-10,14,17-18,20,22-44,46-56,58-60,62-66H2,1-2H3,(H,76,79)/b6-4+,13-11-,16-15-,21-19-,45-12+,61-57+. The van der Waals surface area contributed by atoms with Crippen molar-refractivity contribution < 1.29 is 49.3 Å². The fourth-order valence-electron chi connectivity index (χ4n) is 11.1. The molecule has 0 bridgehead atoms. The second-order valence-corrected chi connectivity index (χ2v) is 24.9. The fraction of sp³-hybridized carbons (Fsp3) is 0.813. The van der Waals surface area contributed by atoms with E-state index in [1.807, 2.05) is 19.1 Å². The summed E-state index contributed by atoms with van der Waals surface area (Å²) in [4.78, 5) is 25.1. The maximum atomic E-state index is 13.0. The number of hydrogen-bond donors (Lipinski definition) is 6. The summed E-state index contributed by atoms with van der Waals surface area (Å²) in [5.41, 5.74) is 0. The molecular formula is C75H135NO10. The maximum Gasteiger partial charge on any atom is 0.305 e. The van der Waals surface area contributed by atoms with Crippen LogP contribution in [-0.4, -0.2) is 100 Å². The summed E-state index contributed by atoms with van der Waals surface area (Å²) >= 11 is 0. The van der Waals surface area contributed by atoms with Gasteiger partial charge in [-0.2, -0.15) is 0 Å². The van der Waals surface area contributed by atoms with Crippen LogP contribution in [0.4, 0.5) is 0 Å². The van der Waals surface area contributed by atoms with Gasteiger partial charge in [0.1, 0.15) is 24.4 Å². The van der Waals surface area contributed by atoms with Gasteiger partial charge in [-0.3, -0.25) is 9.59 Å². The lowest BCUT2D eigenvalue weighted by Crippen LogP contribution is -2.60. The number of carbonyl (C=O) groups is 2. The molecule has 1 heterocycles. The van der Waals surface area contributed by atoms with E-state index in [-0.39, 0.29) is 18.5 Å². The molecule has 1 rings (SSSR count). The number of carbonyl (C=O) groups excluding carboxylic acids is 2. The summed E-state index contributed by atoms with van der Waals surface area (Å²) in [6.07, 6.45) is 76.5. The van der Waals surface area contributed by atoms with Crippen molar-refractivity contribution in [3.63, 3.8) is 0 Å². The number of allylic oxidation sites excluding steroid dienone is 11. The number of hydrogen-bond acceptors (Lipinski definition) is 10. The van der Waals surface area contributed by atoms with Crippen molar-refractivity contribution >= 4 is 11.9 Å². The molecule has 0 aliphatic carbocycles. The highest BCUT2D eigenvalue weighted by Crippen LogP contribution is 2.23. The Labute approximate surface area is 528 Å². The lowest BCUT2D eigenvalue weighted by molar-refractivity contribution is -0.302. The molecule has 11 heteroatoms. The summed E-state index contributed by atoms with van der Waals surface area (Å²) in [5.74, 6) is -0.194. The van der Waals surface area contributed by atoms with Crippen LogP contribution in [0.15, 0.2) is 72.9 Å². The number of unbranched alkanes of at least 4 members (excludes halogenated alkanes) is 40. The monoisotopic (exact) mass is 1210 g/mol. The van der Waals surface area contributed by atoms with Gasteiger partial charge in [-0.15, -0.1) is 0 Å². The molecule has 0 saturated carbocycles. The van der Waals surface area contributed by atoms with E-state index in [1.165, 1.54) is 231 Å². The highest BCUT2D eigenvalue weighted by atomic mass is 16.7. The number of aliphatic hydroxyl groups is 5. The molecule has 7 atom stereocenters. The van der Waals surface area contributed by atoms with Gasteiger partial charge < -0.3 is 45.1 Å². The van der Waals surface area contributed by atoms with Crippen LogP contribution in [0.1, 0.15) is 328 Å². The van der Waals surface area contributed by atoms with Crippen LogP contribution in [0.3, 0.4) is 0 Å². The van der Waals surface area contributed by atoms with Crippen molar-refractivity contribution in [2.75, 3.05) is 19.8 Å². The molecule has 0 aromatic carbocycles. The molecule has 1 saturated heterocycles. The first-order chi connectivity index (χ1) is 42.2. The Morgan fingerprint density at radius 1 is 0.453 bits per heavy atom. The molecule has 86 heavy (non-hydrogen) atoms. The van der Waals surface area contributed by atoms with Gasteiger partial charge in [-0.05, 0) is 110 Å². The molecule has 0 radical (unpaired) electrons. The number of esters is 1. The van der Waals surface area contributed by atoms with Crippen LogP contribution >= 0.6 is 0 Å². The smallest absolute Gasteiger partial charge is 0.305 e. The number of aliphatic hydroxyl groups excluding tert-OH is 5. The molecule has 1 amide bonds. The van der Waals surface area contributed by atoms with Crippen molar-refractivity contribution in [3.8, 4) is 0 Å². The Balaban J connectivity index is 1.90. The highest BCUT2D eigenvalue weighted by Gasteiger charge is 2.44. The summed E-state index contributed by atoms with van der Waals surface area (Å²) < 4.78 is 16.7. The van der Waals surface area contributed by atoms with Gasteiger partial charge in [0, 0.05) is 12.8 Å². The van der Waals surface area contributed by atoms with Gasteiger partial charge >= 0.3 is 5.97 Å². The Bertz CT molecular complexity index is 1660. The number of rotatable bonds is 63. The van der Waals surface area contributed by atoms with Gasteiger partial charge in [0.05, 0.1) is 32.0 Å². The van der Waals surface area contributed by atoms with Crippen LogP contribution in [0.25, 0.3) is 0 Å². The van der Waals surface area contributed by atoms with E-state index in [1.54, 1.807) is 6.08 Å². The van der Waals surface area contributed by atoms with E-state index in [0.29, 0.717) is 19.4 Å². The zero-order valence-electron chi connectivity index (χ0n) is 55.5. The van der Waals surface area contributed by atoms with Crippen LogP contribution < -0.4 is 5.32 Å². The molecule has 0 aromatic rings. The van der Waals surface area contributed by atoms with E-state index in [4.69, 9.17) is 14.2 Å². The predicted octanol–water partition coefficient (Wildman–Crippen LogP) is 18.7. The summed E-state index contributed by atoms with van der Waals surface area (Å²) in [6, 6.07) is -0.833. The zero-order valence-corrected chi connectivity index (χ0v) is 55.5. The van der Waals surface area contributed by atoms with E-state index >= 15 is 0 Å². The average molecular weight is 1210 g/mol. The van der Waals surface area contributed by atoms with E-state index in [0.717, 1.165) is 70.6 Å². The summed E-state index contributed by atoms with van der Waals surface area (Å²) in [7, 11) is 0. The van der Waals surface area contributed by atoms with Gasteiger partial charge in [-0.25, -0.2) is 0 Å². The Morgan fingerprint density at radius 2 is 0.837 bits per heavy atom. The van der Waals surface area contributed by atoms with Crippen molar-refractivity contribution in [1.29, 1.82) is 0 Å². The first kappa shape index (κ1) is 81.1. The summed E-state index contributed by atoms with van der Waals surface area (Å²) in [5, 5.41) is 54.2. The SMILES string of the molecule is C/C=C/CC/C=C/CC/C=C/C(O)C(COC1OC(CO)C(O)C(O)C1O)NC(=O)CCCCCCCCCCCCCCCC/C=C\CCCCCCCCCCCCCCOC(=O)CCCCCCCCCCC/C=C\C/C=C\CCCCC. The quantitative estimate of drug-likeness (QED) is 0.0195. The second kappa shape index (κ2) is 63.7. The van der Waals surface area contributed by atoms with E-state index in [9.17, 15) is 35.1 Å². The molecule has 0 aromatic heterocycles. The predicted molar refractivity (Wildman–Crippen MR) is 361 cm³/mol. The molecule has 7 unspecified atom stereocenters. The van der Waals surface area contributed by atoms with Gasteiger partial charge in [-0.1, -0.05) is 279 Å². The Morgan fingerprint density at radius 3 is 1.29 bits per heavy atom. The summed E-state index contributed by atoms with van der Waals surface area (Å²) in [6.45, 7) is 4.08. The van der Waals surface area contributed by atoms with Crippen LogP contribution in [-0.2, 0) is 23.8 Å². The van der Waals surface area contributed by atoms with Gasteiger partial charge in [0.25, 0.3) is 0 Å². The average Bonchev–Trinajstić information content (AvgIpc) is 3.48. The van der Waals surface area contributed by atoms with Crippen molar-refractivity contribution in [1.82, 2.24) is 5.32 Å². The fourth-order valence-corrected chi connectivity index (χ4v) is 11.1. The van der Waals surface area contributed by atoms with Crippen molar-refractivity contribution in [2.24, 2.45) is 0 Å². The van der Waals surface area contributed by atoms with Crippen molar-refractivity contribution in [2.45, 2.75) is 371 Å². The highest BCUT2D eigenvalue weighted by molar-refractivity contribution is 5.76. The van der Waals surface area contributed by atoms with Crippen molar-refractivity contribution in [3.05, 3.63) is 72.9 Å². The third kappa shape index (κ3) is 51.9. The van der Waals surface area contributed by atoms with Crippen LogP contribution in [0, 0.1) is 0 Å². The molecule has 11 nitrogen and oxygen atoms in total. The largest absolute Gasteiger partial charge is 0.466 e. The molecular weight excluding hydrogens is 1070 g/mol. The zero-order chi connectivity index (χ0) is 62.3. The normalized spacial score (nSPS) is 18.3. The van der Waals surface area contributed by atoms with Crippen LogP contribution in [0.2, 0.25) is 0 Å². The number of nitrogens with one attached hydrogen (secondary N) is 1. The molecule has 500 valence electrons. The van der Waals surface area contributed by atoms with E-state index < -0.39 is 49.5 Å². The minimum Gasteiger partial charge on any atom is -0.466 e. The minimum absolute atomic E-state index is 0.00418. The topological polar surface area (TPSA) is 175 Å². The Kier molecular flexibility index (Phi) is 60.0. The number of ether oxygens (including phenoxy) is 3. The molecule has 0 spiro atoms. The number of amides is 1.